The van der Waals surface area contributed by atoms with Gasteiger partial charge in [-0.25, -0.2) is 0 Å². The van der Waals surface area contributed by atoms with E-state index in [4.69, 9.17) is 23.2 Å². The molecule has 0 bridgehead atoms. The van der Waals surface area contributed by atoms with Crippen molar-refractivity contribution in [2.24, 2.45) is 0 Å². The van der Waals surface area contributed by atoms with Crippen molar-refractivity contribution in [1.82, 2.24) is 0 Å². The molecule has 3 rings (SSSR count). The monoisotopic (exact) mass is 386 g/mol. The molecule has 1 aliphatic carbocycles. The van der Waals surface area contributed by atoms with Crippen LogP contribution < -0.4 is 0 Å². The Hall–Kier alpha value is -0.420. The van der Waals surface area contributed by atoms with E-state index in [9.17, 15) is 9.59 Å². The van der Waals surface area contributed by atoms with Crippen LogP contribution >= 0.6 is 46.7 Å². The molecule has 1 aliphatic heterocycles. The number of Topliss-reactive ketones (excluding diaryl/α,β-unsaturated/α-hetero) is 2. The van der Waals surface area contributed by atoms with Crippen LogP contribution in [0.1, 0.15) is 42.1 Å². The van der Waals surface area contributed by atoms with Crippen molar-refractivity contribution < 1.29 is 9.59 Å². The number of carbonyl (C=O) groups excluding carboxylic acids is 2. The van der Waals surface area contributed by atoms with Gasteiger partial charge in [0.1, 0.15) is 0 Å². The van der Waals surface area contributed by atoms with Crippen molar-refractivity contribution in [2.75, 3.05) is 5.75 Å². The van der Waals surface area contributed by atoms with E-state index < -0.39 is 0 Å². The predicted octanol–water partition coefficient (Wildman–Crippen LogP) is 5.50. The van der Waals surface area contributed by atoms with E-state index in [2.05, 4.69) is 6.92 Å². The molecule has 0 aromatic heterocycles. The van der Waals surface area contributed by atoms with Gasteiger partial charge in [0, 0.05) is 21.9 Å². The lowest BCUT2D eigenvalue weighted by molar-refractivity contribution is -0.115. The van der Waals surface area contributed by atoms with Crippen LogP contribution in [0.15, 0.2) is 27.6 Å². The molecular formula is C17H16Cl2O2S2. The minimum atomic E-state index is -0.330. The van der Waals surface area contributed by atoms with Crippen molar-refractivity contribution >= 4 is 58.3 Å². The fourth-order valence-corrected chi connectivity index (χ4v) is 6.26. The molecule has 0 saturated heterocycles. The van der Waals surface area contributed by atoms with E-state index in [1.54, 1.807) is 17.8 Å². The molecule has 0 fully saturated rings. The summed E-state index contributed by atoms with van der Waals surface area (Å²) in [4.78, 5) is 26.0. The van der Waals surface area contributed by atoms with Gasteiger partial charge in [-0.3, -0.25) is 9.59 Å². The molecule has 122 valence electrons. The summed E-state index contributed by atoms with van der Waals surface area (Å²) in [5.74, 6) is 0.548. The zero-order chi connectivity index (χ0) is 16.6. The van der Waals surface area contributed by atoms with Crippen molar-refractivity contribution in [1.29, 1.82) is 0 Å². The minimum absolute atomic E-state index is 0.130. The second-order valence-corrected chi connectivity index (χ2v) is 9.35. The van der Waals surface area contributed by atoms with Gasteiger partial charge >= 0.3 is 0 Å². The first-order chi connectivity index (χ1) is 11.0. The average Bonchev–Trinajstić information content (AvgIpc) is 2.91. The molecule has 1 aromatic carbocycles. The number of allylic oxidation sites excluding steroid dienone is 2. The van der Waals surface area contributed by atoms with E-state index in [0.29, 0.717) is 39.5 Å². The molecule has 0 radical (unpaired) electrons. The average molecular weight is 387 g/mol. The molecule has 23 heavy (non-hydrogen) atoms. The lowest BCUT2D eigenvalue weighted by atomic mass is 9.91. The summed E-state index contributed by atoms with van der Waals surface area (Å²) in [6, 6.07) is 3.67. The Morgan fingerprint density at radius 3 is 2.83 bits per heavy atom. The number of ketones is 2. The molecule has 0 N–H and O–H groups in total. The number of rotatable bonds is 4. The van der Waals surface area contributed by atoms with Gasteiger partial charge in [-0.15, -0.1) is 23.5 Å². The summed E-state index contributed by atoms with van der Waals surface area (Å²) in [5, 5.41) is 0.853. The Morgan fingerprint density at radius 1 is 1.35 bits per heavy atom. The molecule has 0 saturated carbocycles. The maximum absolute atomic E-state index is 12.8. The molecule has 1 unspecified atom stereocenters. The van der Waals surface area contributed by atoms with Gasteiger partial charge in [0.25, 0.3) is 0 Å². The number of thioether (sulfide) groups is 2. The maximum atomic E-state index is 12.8. The number of hydrogen-bond acceptors (Lipinski definition) is 4. The molecule has 2 nitrogen and oxygen atoms in total. The molecule has 2 aliphatic rings. The second kappa shape index (κ2) is 7.22. The van der Waals surface area contributed by atoms with Crippen molar-refractivity contribution in [2.45, 2.75) is 42.1 Å². The van der Waals surface area contributed by atoms with Crippen molar-refractivity contribution in [3.05, 3.63) is 38.9 Å². The van der Waals surface area contributed by atoms with E-state index >= 15 is 0 Å². The van der Waals surface area contributed by atoms with Crippen LogP contribution in [0, 0.1) is 0 Å². The van der Waals surface area contributed by atoms with Crippen LogP contribution in [0.25, 0.3) is 0 Å². The third-order valence-corrected chi connectivity index (χ3v) is 7.45. The summed E-state index contributed by atoms with van der Waals surface area (Å²) >= 11 is 16.3. The largest absolute Gasteiger partial charge is 0.294 e. The van der Waals surface area contributed by atoms with Crippen LogP contribution in [0.3, 0.4) is 0 Å². The van der Waals surface area contributed by atoms with Gasteiger partial charge < -0.3 is 0 Å². The van der Waals surface area contributed by atoms with Crippen LogP contribution in [0.5, 0.6) is 0 Å². The van der Waals surface area contributed by atoms with Crippen LogP contribution in [0.2, 0.25) is 5.02 Å². The van der Waals surface area contributed by atoms with Crippen LogP contribution in [-0.4, -0.2) is 21.9 Å². The molecule has 1 aromatic rings. The lowest BCUT2D eigenvalue weighted by Crippen LogP contribution is -2.18. The molecule has 0 spiro atoms. The van der Waals surface area contributed by atoms with Gasteiger partial charge in [0.05, 0.1) is 15.2 Å². The fourth-order valence-electron chi connectivity index (χ4n) is 2.90. The number of benzene rings is 1. The SMILES string of the molecule is CCSC1Cc2c(ccc(C(=O)C3=C(Cl)CCCC3=O)c2Cl)S1. The topological polar surface area (TPSA) is 34.1 Å². The van der Waals surface area contributed by atoms with Crippen LogP contribution in [-0.2, 0) is 11.2 Å². The Balaban J connectivity index is 1.95. The molecule has 6 heteroatoms. The highest BCUT2D eigenvalue weighted by Crippen LogP contribution is 2.46. The first-order valence-corrected chi connectivity index (χ1v) is 10.3. The minimum Gasteiger partial charge on any atom is -0.294 e. The molecule has 1 atom stereocenters. The Morgan fingerprint density at radius 2 is 2.13 bits per heavy atom. The quantitative estimate of drug-likeness (QED) is 0.505. The second-order valence-electron chi connectivity index (χ2n) is 5.50. The first-order valence-electron chi connectivity index (χ1n) is 7.59. The van der Waals surface area contributed by atoms with Gasteiger partial charge in [-0.05, 0) is 42.7 Å². The van der Waals surface area contributed by atoms with Crippen molar-refractivity contribution in [3.8, 4) is 0 Å². The summed E-state index contributed by atoms with van der Waals surface area (Å²) in [5.41, 5.74) is 1.55. The third kappa shape index (κ3) is 3.37. The highest BCUT2D eigenvalue weighted by Gasteiger charge is 2.31. The van der Waals surface area contributed by atoms with Crippen molar-refractivity contribution in [3.63, 3.8) is 0 Å². The first kappa shape index (κ1) is 17.4. The fraction of sp³-hybridized carbons (Fsp3) is 0.412. The molecular weight excluding hydrogens is 371 g/mol. The molecule has 1 heterocycles. The van der Waals surface area contributed by atoms with E-state index in [1.165, 1.54) is 0 Å². The molecule has 0 amide bonds. The smallest absolute Gasteiger partial charge is 0.199 e. The Kier molecular flexibility index (Phi) is 5.46. The van der Waals surface area contributed by atoms with Gasteiger partial charge in [0.15, 0.2) is 11.6 Å². The predicted molar refractivity (Wildman–Crippen MR) is 99.0 cm³/mol. The standard InChI is InChI=1S/C17H16Cl2O2S2/c1-2-22-14-8-10-13(23-14)7-6-9(16(10)19)17(21)15-11(18)4-3-5-12(15)20/h6-7,14H,2-5,8H2,1H3. The number of carbonyl (C=O) groups is 2. The summed E-state index contributed by atoms with van der Waals surface area (Å²) in [6.07, 6.45) is 2.52. The van der Waals surface area contributed by atoms with E-state index in [-0.39, 0.29) is 17.1 Å². The highest BCUT2D eigenvalue weighted by atomic mass is 35.5. The summed E-state index contributed by atoms with van der Waals surface area (Å²) in [6.45, 7) is 2.13. The summed E-state index contributed by atoms with van der Waals surface area (Å²) in [7, 11) is 0. The number of halogens is 2. The van der Waals surface area contributed by atoms with Gasteiger partial charge in [-0.1, -0.05) is 30.1 Å². The third-order valence-electron chi connectivity index (χ3n) is 4.00. The normalized spacial score (nSPS) is 20.8. The Labute approximate surface area is 154 Å². The van der Waals surface area contributed by atoms with Gasteiger partial charge in [0.2, 0.25) is 0 Å². The maximum Gasteiger partial charge on any atom is 0.199 e. The number of hydrogen-bond donors (Lipinski definition) is 0. The lowest BCUT2D eigenvalue weighted by Gasteiger charge is -2.15. The van der Waals surface area contributed by atoms with E-state index in [0.717, 1.165) is 22.6 Å². The summed E-state index contributed by atoms with van der Waals surface area (Å²) < 4.78 is 0.442. The zero-order valence-corrected chi connectivity index (χ0v) is 15.8. The number of fused-ring (bicyclic) bond motifs is 1. The Bertz CT molecular complexity index is 713. The van der Waals surface area contributed by atoms with Crippen LogP contribution in [0.4, 0.5) is 0 Å². The van der Waals surface area contributed by atoms with Gasteiger partial charge in [-0.2, -0.15) is 0 Å². The highest BCUT2D eigenvalue weighted by molar-refractivity contribution is 8.17. The zero-order valence-electron chi connectivity index (χ0n) is 12.7. The van der Waals surface area contributed by atoms with E-state index in [1.807, 2.05) is 17.8 Å².